The van der Waals surface area contributed by atoms with Crippen LogP contribution >= 0.6 is 0 Å². The zero-order chi connectivity index (χ0) is 31.9. The van der Waals surface area contributed by atoms with Gasteiger partial charge in [0.05, 0.1) is 22.4 Å². The summed E-state index contributed by atoms with van der Waals surface area (Å²) in [6, 6.07) is 11.6. The minimum atomic E-state index is -0.962. The summed E-state index contributed by atoms with van der Waals surface area (Å²) in [4.78, 5) is 58.4. The van der Waals surface area contributed by atoms with Crippen LogP contribution in [0.3, 0.4) is 0 Å². The highest BCUT2D eigenvalue weighted by atomic mass is 19.1. The van der Waals surface area contributed by atoms with Crippen LogP contribution in [0.15, 0.2) is 66.8 Å². The summed E-state index contributed by atoms with van der Waals surface area (Å²) in [5, 5.41) is 0. The summed E-state index contributed by atoms with van der Waals surface area (Å²) < 4.78 is 34.7. The molecule has 1 heterocycles. The molecule has 11 heteroatoms. The van der Waals surface area contributed by atoms with Gasteiger partial charge in [0.1, 0.15) is 32.2 Å². The Hall–Kier alpha value is -4.93. The first-order chi connectivity index (χ1) is 21.0. The lowest BCUT2D eigenvalue weighted by Gasteiger charge is -2.30. The summed E-state index contributed by atoms with van der Waals surface area (Å²) in [5.74, 6) is -2.71. The largest absolute Gasteiger partial charge is 0.462 e. The van der Waals surface area contributed by atoms with Crippen molar-refractivity contribution < 1.29 is 42.5 Å². The van der Waals surface area contributed by atoms with E-state index in [9.17, 15) is 23.6 Å². The van der Waals surface area contributed by atoms with E-state index in [1.165, 1.54) is 26.0 Å². The maximum atomic E-state index is 14.2. The Morgan fingerprint density at radius 1 is 0.750 bits per heavy atom. The molecule has 230 valence electrons. The average Bonchev–Trinajstić information content (AvgIpc) is 3.26. The van der Waals surface area contributed by atoms with Crippen molar-refractivity contribution >= 4 is 34.9 Å². The van der Waals surface area contributed by atoms with Crippen molar-refractivity contribution in [2.45, 2.75) is 44.9 Å². The van der Waals surface area contributed by atoms with Crippen molar-refractivity contribution in [1.82, 2.24) is 9.97 Å². The minimum absolute atomic E-state index is 0.0586. The normalized spacial score (nSPS) is 12.5. The van der Waals surface area contributed by atoms with Gasteiger partial charge in [-0.05, 0) is 44.4 Å². The number of carbonyl (C=O) groups excluding carboxylic acids is 4. The second-order valence-electron chi connectivity index (χ2n) is 10.5. The van der Waals surface area contributed by atoms with Gasteiger partial charge in [0.2, 0.25) is 0 Å². The van der Waals surface area contributed by atoms with Crippen LogP contribution < -0.4 is 0 Å². The third-order valence-corrected chi connectivity index (χ3v) is 7.15. The molecule has 0 amide bonds. The van der Waals surface area contributed by atoms with Crippen LogP contribution in [-0.4, -0.2) is 60.3 Å². The topological polar surface area (TPSA) is 131 Å². The molecule has 0 saturated heterocycles. The molecule has 0 atom stereocenters. The van der Waals surface area contributed by atoms with Crippen molar-refractivity contribution in [3.8, 4) is 11.3 Å². The van der Waals surface area contributed by atoms with Crippen LogP contribution in [0.2, 0.25) is 0 Å². The predicted molar refractivity (Wildman–Crippen MR) is 158 cm³/mol. The number of aromatic nitrogens is 2. The lowest BCUT2D eigenvalue weighted by molar-refractivity contribution is -0.150. The van der Waals surface area contributed by atoms with E-state index in [1.807, 2.05) is 24.3 Å². The fourth-order valence-electron chi connectivity index (χ4n) is 5.02. The molecule has 10 nitrogen and oxygen atoms in total. The smallest absolute Gasteiger partial charge is 0.333 e. The van der Waals surface area contributed by atoms with E-state index in [2.05, 4.69) is 13.2 Å². The number of fused-ring (bicyclic) bond motifs is 4. The maximum Gasteiger partial charge on any atom is 0.333 e. The number of carbonyl (C=O) groups is 4. The fraction of sp³-hybridized carbons (Fsp3) is 0.333. The van der Waals surface area contributed by atoms with Crippen LogP contribution in [0.5, 0.6) is 0 Å². The lowest BCUT2D eigenvalue weighted by Crippen LogP contribution is -2.29. The van der Waals surface area contributed by atoms with E-state index in [0.29, 0.717) is 22.4 Å². The second-order valence-corrected chi connectivity index (χ2v) is 10.5. The highest BCUT2D eigenvalue weighted by molar-refractivity contribution is 5.87. The number of ether oxygens (including phenoxy) is 4. The van der Waals surface area contributed by atoms with Gasteiger partial charge >= 0.3 is 23.9 Å². The van der Waals surface area contributed by atoms with Gasteiger partial charge in [-0.15, -0.1) is 0 Å². The summed E-state index contributed by atoms with van der Waals surface area (Å²) >= 11 is 0. The number of hydrogen-bond donors (Lipinski definition) is 0. The molecule has 1 aliphatic carbocycles. The first-order valence-electron chi connectivity index (χ1n) is 14.1. The predicted octanol–water partition coefficient (Wildman–Crippen LogP) is 4.92. The number of benzene rings is 2. The molecule has 0 fully saturated rings. The van der Waals surface area contributed by atoms with Gasteiger partial charge in [0, 0.05) is 41.0 Å². The Balaban J connectivity index is 1.57. The number of halogens is 1. The second kappa shape index (κ2) is 14.0. The fourth-order valence-corrected chi connectivity index (χ4v) is 5.02. The minimum Gasteiger partial charge on any atom is -0.462 e. The Morgan fingerprint density at radius 3 is 1.86 bits per heavy atom. The molecule has 0 N–H and O–H groups in total. The molecule has 44 heavy (non-hydrogen) atoms. The van der Waals surface area contributed by atoms with Gasteiger partial charge in [-0.3, -0.25) is 9.59 Å². The van der Waals surface area contributed by atoms with Crippen molar-refractivity contribution in [1.29, 1.82) is 0 Å². The van der Waals surface area contributed by atoms with Gasteiger partial charge in [-0.1, -0.05) is 37.4 Å². The van der Waals surface area contributed by atoms with E-state index in [1.54, 1.807) is 6.07 Å². The van der Waals surface area contributed by atoms with Gasteiger partial charge in [0.25, 0.3) is 0 Å². The number of esters is 4. The van der Waals surface area contributed by atoms with Gasteiger partial charge in [-0.2, -0.15) is 0 Å². The van der Waals surface area contributed by atoms with Crippen LogP contribution in [0.1, 0.15) is 50.8 Å². The van der Waals surface area contributed by atoms with Gasteiger partial charge in [-0.25, -0.2) is 23.9 Å². The third-order valence-electron chi connectivity index (χ3n) is 7.15. The maximum absolute atomic E-state index is 14.2. The first-order valence-corrected chi connectivity index (χ1v) is 14.1. The molecule has 0 saturated carbocycles. The Morgan fingerprint density at radius 2 is 1.30 bits per heavy atom. The van der Waals surface area contributed by atoms with E-state index < -0.39 is 35.1 Å². The molecular weight excluding hydrogens is 571 g/mol. The SMILES string of the molecule is C=C(C)C(=O)OCCOC(=O)CCC1(CCC(=O)OCCOC(=O)C(=C)C)c2ccccc2-c2nc3ccc(F)cc3nc21. The van der Waals surface area contributed by atoms with E-state index >= 15 is 0 Å². The third kappa shape index (κ3) is 7.34. The molecule has 2 aromatic carbocycles. The molecule has 1 aliphatic rings. The highest BCUT2D eigenvalue weighted by Crippen LogP contribution is 2.52. The standard InChI is InChI=1S/C33H33FN2O8/c1-20(2)31(39)43-17-15-41-27(37)11-13-33(14-12-28(38)42-16-18-44-32(40)21(3)4)24-8-6-5-7-23(24)29-30(33)36-26-19-22(34)9-10-25(26)35-29/h5-10,19H,1,3,11-18H2,2,4H3. The van der Waals surface area contributed by atoms with Crippen molar-refractivity contribution in [3.63, 3.8) is 0 Å². The zero-order valence-corrected chi connectivity index (χ0v) is 24.7. The summed E-state index contributed by atoms with van der Waals surface area (Å²) in [5.41, 5.74) is 3.05. The average molecular weight is 605 g/mol. The van der Waals surface area contributed by atoms with Gasteiger partial charge in [0.15, 0.2) is 0 Å². The van der Waals surface area contributed by atoms with Crippen LogP contribution in [0, 0.1) is 5.82 Å². The summed E-state index contributed by atoms with van der Waals surface area (Å²) in [6.45, 7) is 9.53. The van der Waals surface area contributed by atoms with E-state index in [-0.39, 0.29) is 63.3 Å². The molecule has 3 aromatic rings. The Kier molecular flexibility index (Phi) is 10.2. The van der Waals surface area contributed by atoms with Crippen LogP contribution in [-0.2, 0) is 43.5 Å². The number of rotatable bonds is 14. The molecule has 1 aromatic heterocycles. The molecule has 0 aliphatic heterocycles. The van der Waals surface area contributed by atoms with Crippen molar-refractivity contribution in [2.24, 2.45) is 0 Å². The zero-order valence-electron chi connectivity index (χ0n) is 24.7. The quantitative estimate of drug-likeness (QED) is 0.108. The lowest BCUT2D eigenvalue weighted by atomic mass is 9.73. The highest BCUT2D eigenvalue weighted by Gasteiger charge is 2.46. The Labute approximate surface area is 253 Å². The summed E-state index contributed by atoms with van der Waals surface area (Å²) in [7, 11) is 0. The van der Waals surface area contributed by atoms with E-state index in [4.69, 9.17) is 28.9 Å². The van der Waals surface area contributed by atoms with Crippen molar-refractivity contribution in [3.05, 3.63) is 83.8 Å². The van der Waals surface area contributed by atoms with Gasteiger partial charge < -0.3 is 18.9 Å². The summed E-state index contributed by atoms with van der Waals surface area (Å²) in [6.07, 6.45) is 0.273. The molecular formula is C33H33FN2O8. The van der Waals surface area contributed by atoms with E-state index in [0.717, 1.165) is 11.1 Å². The monoisotopic (exact) mass is 604 g/mol. The van der Waals surface area contributed by atoms with Crippen LogP contribution in [0.25, 0.3) is 22.3 Å². The molecule has 0 spiro atoms. The number of hydrogen-bond acceptors (Lipinski definition) is 10. The first kappa shape index (κ1) is 32.0. The Bertz CT molecular complexity index is 1580. The molecule has 4 rings (SSSR count). The molecule has 0 bridgehead atoms. The molecule has 0 radical (unpaired) electrons. The van der Waals surface area contributed by atoms with Crippen molar-refractivity contribution in [2.75, 3.05) is 26.4 Å². The molecule has 0 unspecified atom stereocenters. The van der Waals surface area contributed by atoms with Crippen LogP contribution in [0.4, 0.5) is 4.39 Å². The number of nitrogens with zero attached hydrogens (tertiary/aromatic N) is 2.